The molecule has 0 amide bonds. The maximum atomic E-state index is 12.5. The molecule has 0 aliphatic carbocycles. The van der Waals surface area contributed by atoms with Gasteiger partial charge in [-0.2, -0.15) is 13.2 Å². The normalized spacial score (nSPS) is 21.1. The summed E-state index contributed by atoms with van der Waals surface area (Å²) < 4.78 is 37.4. The molecule has 1 aromatic rings. The van der Waals surface area contributed by atoms with Crippen molar-refractivity contribution in [2.75, 3.05) is 19.7 Å². The minimum absolute atomic E-state index is 0.207. The van der Waals surface area contributed by atoms with Crippen molar-refractivity contribution in [1.29, 1.82) is 0 Å². The third kappa shape index (κ3) is 4.21. The Labute approximate surface area is 117 Å². The van der Waals surface area contributed by atoms with E-state index in [9.17, 15) is 13.2 Å². The van der Waals surface area contributed by atoms with Crippen molar-refractivity contribution >= 4 is 0 Å². The van der Waals surface area contributed by atoms with Crippen molar-refractivity contribution in [2.45, 2.75) is 32.0 Å². The number of piperidine rings is 1. The molecule has 1 aliphatic heterocycles. The molecule has 0 aromatic heterocycles. The average Bonchev–Trinajstić information content (AvgIpc) is 2.39. The average molecular weight is 287 g/mol. The number of hydrogen-bond acceptors (Lipinski definition) is 2. The Morgan fingerprint density at radius 1 is 1.20 bits per heavy atom. The van der Waals surface area contributed by atoms with Crippen LogP contribution in [0, 0.1) is 5.92 Å². The van der Waals surface area contributed by atoms with Crippen LogP contribution in [-0.4, -0.2) is 29.7 Å². The van der Waals surface area contributed by atoms with Crippen molar-refractivity contribution in [3.63, 3.8) is 0 Å². The third-order valence-corrected chi connectivity index (χ3v) is 3.83. The van der Waals surface area contributed by atoms with E-state index in [0.717, 1.165) is 50.0 Å². The summed E-state index contributed by atoms with van der Waals surface area (Å²) >= 11 is 0. The summed E-state index contributed by atoms with van der Waals surface area (Å²) in [5.41, 5.74) is 0.306. The molecule has 0 saturated carbocycles. The standard InChI is InChI=1S/C15H20F3NO/c16-15(17,18)14-5-3-13(4-6-14)11-19-8-1-2-12(10-19)7-9-20/h3-6,12,20H,1-2,7-11H2. The zero-order valence-corrected chi connectivity index (χ0v) is 11.4. The topological polar surface area (TPSA) is 23.5 Å². The summed E-state index contributed by atoms with van der Waals surface area (Å²) in [5.74, 6) is 0.503. The Bertz CT molecular complexity index is 414. The number of hydrogen-bond donors (Lipinski definition) is 1. The quantitative estimate of drug-likeness (QED) is 0.918. The second-order valence-corrected chi connectivity index (χ2v) is 5.45. The summed E-state index contributed by atoms with van der Waals surface area (Å²) in [4.78, 5) is 2.26. The summed E-state index contributed by atoms with van der Waals surface area (Å²) in [7, 11) is 0. The summed E-state index contributed by atoms with van der Waals surface area (Å²) in [6.45, 7) is 2.78. The predicted molar refractivity (Wildman–Crippen MR) is 71.1 cm³/mol. The Kier molecular flexibility index (Phi) is 5.05. The summed E-state index contributed by atoms with van der Waals surface area (Å²) in [6, 6.07) is 5.39. The molecule has 1 N–H and O–H groups in total. The van der Waals surface area contributed by atoms with E-state index in [0.29, 0.717) is 12.5 Å². The first kappa shape index (κ1) is 15.3. The zero-order chi connectivity index (χ0) is 14.6. The van der Waals surface area contributed by atoms with Crippen LogP contribution in [0.4, 0.5) is 13.2 Å². The van der Waals surface area contributed by atoms with Gasteiger partial charge in [0.2, 0.25) is 0 Å². The highest BCUT2D eigenvalue weighted by molar-refractivity contribution is 5.24. The Balaban J connectivity index is 1.93. The Hall–Kier alpha value is -1.07. The molecule has 1 atom stereocenters. The smallest absolute Gasteiger partial charge is 0.396 e. The third-order valence-electron chi connectivity index (χ3n) is 3.83. The fraction of sp³-hybridized carbons (Fsp3) is 0.600. The molecular weight excluding hydrogens is 267 g/mol. The van der Waals surface area contributed by atoms with Crippen molar-refractivity contribution in [2.24, 2.45) is 5.92 Å². The molecule has 1 aromatic carbocycles. The maximum absolute atomic E-state index is 12.5. The monoisotopic (exact) mass is 287 g/mol. The molecule has 1 heterocycles. The van der Waals surface area contributed by atoms with Crippen LogP contribution in [-0.2, 0) is 12.7 Å². The predicted octanol–water partition coefficient (Wildman–Crippen LogP) is 3.30. The van der Waals surface area contributed by atoms with Gasteiger partial charge in [0.15, 0.2) is 0 Å². The molecule has 0 spiro atoms. The van der Waals surface area contributed by atoms with E-state index in [4.69, 9.17) is 5.11 Å². The number of rotatable bonds is 4. The fourth-order valence-corrected chi connectivity index (χ4v) is 2.77. The molecule has 0 bridgehead atoms. The Morgan fingerprint density at radius 2 is 1.90 bits per heavy atom. The van der Waals surface area contributed by atoms with Crippen LogP contribution in [0.5, 0.6) is 0 Å². The highest BCUT2D eigenvalue weighted by Crippen LogP contribution is 2.29. The van der Waals surface area contributed by atoms with Gasteiger partial charge < -0.3 is 5.11 Å². The van der Waals surface area contributed by atoms with Gasteiger partial charge in [-0.15, -0.1) is 0 Å². The number of alkyl halides is 3. The molecule has 2 rings (SSSR count). The summed E-state index contributed by atoms with van der Waals surface area (Å²) in [5, 5.41) is 8.98. The van der Waals surface area contributed by atoms with Gasteiger partial charge in [0, 0.05) is 19.7 Å². The lowest BCUT2D eigenvalue weighted by molar-refractivity contribution is -0.137. The van der Waals surface area contributed by atoms with Gasteiger partial charge in [-0.3, -0.25) is 4.90 Å². The number of halogens is 3. The number of likely N-dealkylation sites (tertiary alicyclic amines) is 1. The number of benzene rings is 1. The van der Waals surface area contributed by atoms with Crippen LogP contribution in [0.2, 0.25) is 0 Å². The first-order chi connectivity index (χ1) is 9.49. The lowest BCUT2D eigenvalue weighted by atomic mass is 9.95. The molecule has 20 heavy (non-hydrogen) atoms. The molecule has 0 radical (unpaired) electrons. The minimum atomic E-state index is -4.27. The second-order valence-electron chi connectivity index (χ2n) is 5.45. The minimum Gasteiger partial charge on any atom is -0.396 e. The Morgan fingerprint density at radius 3 is 2.50 bits per heavy atom. The van der Waals surface area contributed by atoms with E-state index < -0.39 is 11.7 Å². The van der Waals surface area contributed by atoms with Crippen LogP contribution in [0.3, 0.4) is 0 Å². The number of aliphatic hydroxyl groups is 1. The van der Waals surface area contributed by atoms with Gasteiger partial charge >= 0.3 is 6.18 Å². The van der Waals surface area contributed by atoms with Crippen LogP contribution in [0.1, 0.15) is 30.4 Å². The molecule has 112 valence electrons. The van der Waals surface area contributed by atoms with Crippen molar-refractivity contribution in [3.8, 4) is 0 Å². The van der Waals surface area contributed by atoms with E-state index in [2.05, 4.69) is 4.90 Å². The van der Waals surface area contributed by atoms with Crippen LogP contribution in [0.25, 0.3) is 0 Å². The van der Waals surface area contributed by atoms with Crippen molar-refractivity contribution < 1.29 is 18.3 Å². The van der Waals surface area contributed by atoms with Gasteiger partial charge in [-0.25, -0.2) is 0 Å². The lowest BCUT2D eigenvalue weighted by Crippen LogP contribution is -2.35. The SMILES string of the molecule is OCCC1CCCN(Cc2ccc(C(F)(F)F)cc2)C1. The van der Waals surface area contributed by atoms with E-state index in [1.54, 1.807) is 12.1 Å². The van der Waals surface area contributed by atoms with Gasteiger partial charge in [-0.05, 0) is 49.4 Å². The maximum Gasteiger partial charge on any atom is 0.416 e. The van der Waals surface area contributed by atoms with Crippen LogP contribution >= 0.6 is 0 Å². The molecule has 1 aliphatic rings. The van der Waals surface area contributed by atoms with Gasteiger partial charge in [0.1, 0.15) is 0 Å². The molecule has 5 heteroatoms. The van der Waals surface area contributed by atoms with E-state index in [-0.39, 0.29) is 6.61 Å². The van der Waals surface area contributed by atoms with E-state index in [1.165, 1.54) is 0 Å². The van der Waals surface area contributed by atoms with E-state index >= 15 is 0 Å². The van der Waals surface area contributed by atoms with Crippen LogP contribution in [0.15, 0.2) is 24.3 Å². The largest absolute Gasteiger partial charge is 0.416 e. The second kappa shape index (κ2) is 6.59. The fourth-order valence-electron chi connectivity index (χ4n) is 2.77. The molecule has 2 nitrogen and oxygen atoms in total. The first-order valence-electron chi connectivity index (χ1n) is 6.98. The first-order valence-corrected chi connectivity index (χ1v) is 6.98. The van der Waals surface area contributed by atoms with Gasteiger partial charge in [0.25, 0.3) is 0 Å². The number of aliphatic hydroxyl groups excluding tert-OH is 1. The molecule has 1 unspecified atom stereocenters. The molecule has 1 saturated heterocycles. The van der Waals surface area contributed by atoms with Gasteiger partial charge in [-0.1, -0.05) is 12.1 Å². The molecular formula is C15H20F3NO. The highest BCUT2D eigenvalue weighted by atomic mass is 19.4. The van der Waals surface area contributed by atoms with Crippen molar-refractivity contribution in [1.82, 2.24) is 4.90 Å². The lowest BCUT2D eigenvalue weighted by Gasteiger charge is -2.32. The van der Waals surface area contributed by atoms with Crippen molar-refractivity contribution in [3.05, 3.63) is 35.4 Å². The van der Waals surface area contributed by atoms with E-state index in [1.807, 2.05) is 0 Å². The van der Waals surface area contributed by atoms with Crippen LogP contribution < -0.4 is 0 Å². The summed E-state index contributed by atoms with van der Waals surface area (Å²) in [6.07, 6.45) is -1.24. The van der Waals surface area contributed by atoms with Gasteiger partial charge in [0.05, 0.1) is 5.56 Å². The number of nitrogens with zero attached hydrogens (tertiary/aromatic N) is 1. The zero-order valence-electron chi connectivity index (χ0n) is 11.4. The highest BCUT2D eigenvalue weighted by Gasteiger charge is 2.30. The molecule has 1 fully saturated rings.